The Balaban J connectivity index is 2.74. The topological polar surface area (TPSA) is 29.3 Å². The zero-order valence-electron chi connectivity index (χ0n) is 8.76. The molecular weight excluding hydrogens is 179 g/mol. The molecule has 0 unspecified atom stereocenters. The van der Waals surface area contributed by atoms with Crippen molar-refractivity contribution >= 4 is 11.4 Å². The summed E-state index contributed by atoms with van der Waals surface area (Å²) in [4.78, 5) is 2.05. The zero-order chi connectivity index (χ0) is 10.6. The highest BCUT2D eigenvalue weighted by atomic mass is 19.1. The highest BCUT2D eigenvalue weighted by Crippen LogP contribution is 2.22. The summed E-state index contributed by atoms with van der Waals surface area (Å²) in [6, 6.07) is 4.52. The molecule has 0 spiro atoms. The molecule has 1 aromatic rings. The number of halogens is 1. The summed E-state index contributed by atoms with van der Waals surface area (Å²) in [6.45, 7) is 3.09. The van der Waals surface area contributed by atoms with Gasteiger partial charge in [-0.25, -0.2) is 4.39 Å². The summed E-state index contributed by atoms with van der Waals surface area (Å²) in [5, 5.41) is 0. The van der Waals surface area contributed by atoms with Crippen LogP contribution in [0, 0.1) is 5.82 Å². The molecule has 0 heterocycles. The average Bonchev–Trinajstić information content (AvgIpc) is 2.14. The highest BCUT2D eigenvalue weighted by Gasteiger charge is 2.05. The molecule has 0 fully saturated rings. The van der Waals surface area contributed by atoms with Gasteiger partial charge in [-0.15, -0.1) is 0 Å². The Hall–Kier alpha value is -1.25. The lowest BCUT2D eigenvalue weighted by atomic mass is 10.2. The normalized spacial score (nSPS) is 10.2. The Labute approximate surface area is 84.5 Å². The fourth-order valence-electron chi connectivity index (χ4n) is 1.39. The van der Waals surface area contributed by atoms with Gasteiger partial charge in [-0.2, -0.15) is 0 Å². The van der Waals surface area contributed by atoms with Crippen LogP contribution in [0.25, 0.3) is 0 Å². The number of nitrogens with zero attached hydrogens (tertiary/aromatic N) is 1. The van der Waals surface area contributed by atoms with E-state index in [1.54, 1.807) is 6.07 Å². The monoisotopic (exact) mass is 196 g/mol. The first kappa shape index (κ1) is 10.8. The number of anilines is 2. The van der Waals surface area contributed by atoms with Crippen LogP contribution in [0.3, 0.4) is 0 Å². The Morgan fingerprint density at radius 2 is 2.14 bits per heavy atom. The molecule has 0 aliphatic rings. The molecule has 0 saturated carbocycles. The van der Waals surface area contributed by atoms with Gasteiger partial charge in [-0.3, -0.25) is 0 Å². The van der Waals surface area contributed by atoms with Crippen molar-refractivity contribution in [1.82, 2.24) is 0 Å². The molecular formula is C11H17FN2. The van der Waals surface area contributed by atoms with E-state index >= 15 is 0 Å². The van der Waals surface area contributed by atoms with Crippen LogP contribution in [0.1, 0.15) is 19.8 Å². The summed E-state index contributed by atoms with van der Waals surface area (Å²) in [5.41, 5.74) is 7.12. The lowest BCUT2D eigenvalue weighted by Crippen LogP contribution is -2.19. The molecule has 0 bridgehead atoms. The molecule has 0 aliphatic carbocycles. The summed E-state index contributed by atoms with van der Waals surface area (Å²) in [6.07, 6.45) is 2.26. The van der Waals surface area contributed by atoms with Crippen LogP contribution in [-0.2, 0) is 0 Å². The van der Waals surface area contributed by atoms with E-state index in [-0.39, 0.29) is 5.82 Å². The number of hydrogen-bond acceptors (Lipinski definition) is 2. The number of unbranched alkanes of at least 4 members (excludes halogenated alkanes) is 1. The van der Waals surface area contributed by atoms with Gasteiger partial charge in [0.1, 0.15) is 5.82 Å². The molecule has 1 aromatic carbocycles. The van der Waals surface area contributed by atoms with Crippen molar-refractivity contribution in [3.8, 4) is 0 Å². The highest BCUT2D eigenvalue weighted by molar-refractivity contribution is 5.67. The van der Waals surface area contributed by atoms with E-state index < -0.39 is 0 Å². The summed E-state index contributed by atoms with van der Waals surface area (Å²) < 4.78 is 12.8. The minimum atomic E-state index is -0.282. The second kappa shape index (κ2) is 4.84. The van der Waals surface area contributed by atoms with E-state index in [1.807, 2.05) is 7.05 Å². The molecule has 14 heavy (non-hydrogen) atoms. The smallest absolute Gasteiger partial charge is 0.125 e. The number of nitrogens with two attached hydrogens (primary N) is 1. The fourth-order valence-corrected chi connectivity index (χ4v) is 1.39. The maximum absolute atomic E-state index is 12.8. The van der Waals surface area contributed by atoms with Gasteiger partial charge in [0.05, 0.1) is 11.4 Å². The maximum atomic E-state index is 12.8. The van der Waals surface area contributed by atoms with Crippen LogP contribution in [-0.4, -0.2) is 13.6 Å². The number of nitrogen functional groups attached to an aromatic ring is 1. The Morgan fingerprint density at radius 3 is 2.71 bits per heavy atom. The Morgan fingerprint density at radius 1 is 1.43 bits per heavy atom. The molecule has 0 atom stereocenters. The Bertz CT molecular complexity index is 299. The molecule has 0 radical (unpaired) electrons. The molecule has 1 rings (SSSR count). The predicted octanol–water partition coefficient (Wildman–Crippen LogP) is 2.64. The third-order valence-electron chi connectivity index (χ3n) is 2.25. The zero-order valence-corrected chi connectivity index (χ0v) is 8.76. The lowest BCUT2D eigenvalue weighted by molar-refractivity contribution is 0.628. The first-order chi connectivity index (χ1) is 6.65. The third-order valence-corrected chi connectivity index (χ3v) is 2.25. The predicted molar refractivity (Wildman–Crippen MR) is 59.0 cm³/mol. The van der Waals surface area contributed by atoms with E-state index in [2.05, 4.69) is 11.8 Å². The van der Waals surface area contributed by atoms with Gasteiger partial charge in [-0.05, 0) is 24.6 Å². The lowest BCUT2D eigenvalue weighted by Gasteiger charge is -2.20. The Kier molecular flexibility index (Phi) is 3.74. The summed E-state index contributed by atoms with van der Waals surface area (Å²) >= 11 is 0. The van der Waals surface area contributed by atoms with Gasteiger partial charge in [0.25, 0.3) is 0 Å². The first-order valence-corrected chi connectivity index (χ1v) is 4.91. The molecule has 78 valence electrons. The van der Waals surface area contributed by atoms with Gasteiger partial charge in [0.2, 0.25) is 0 Å². The molecule has 0 aliphatic heterocycles. The summed E-state index contributed by atoms with van der Waals surface area (Å²) in [7, 11) is 1.97. The van der Waals surface area contributed by atoms with Crippen molar-refractivity contribution in [3.05, 3.63) is 24.0 Å². The third kappa shape index (κ3) is 2.62. The maximum Gasteiger partial charge on any atom is 0.125 e. The van der Waals surface area contributed by atoms with Crippen LogP contribution < -0.4 is 10.6 Å². The second-order valence-electron chi connectivity index (χ2n) is 3.48. The van der Waals surface area contributed by atoms with Crippen LogP contribution >= 0.6 is 0 Å². The SMILES string of the molecule is CCCCN(C)c1ccc(F)cc1N. The van der Waals surface area contributed by atoms with Gasteiger partial charge >= 0.3 is 0 Å². The number of benzene rings is 1. The number of hydrogen-bond donors (Lipinski definition) is 1. The molecule has 3 heteroatoms. The quantitative estimate of drug-likeness (QED) is 0.750. The number of rotatable bonds is 4. The second-order valence-corrected chi connectivity index (χ2v) is 3.48. The molecule has 0 saturated heterocycles. The van der Waals surface area contributed by atoms with Gasteiger partial charge < -0.3 is 10.6 Å². The standard InChI is InChI=1S/C11H17FN2/c1-3-4-7-14(2)11-6-5-9(12)8-10(11)13/h5-6,8H,3-4,7,13H2,1-2H3. The van der Waals surface area contributed by atoms with Crippen molar-refractivity contribution in [1.29, 1.82) is 0 Å². The van der Waals surface area contributed by atoms with Crippen molar-refractivity contribution in [3.63, 3.8) is 0 Å². The van der Waals surface area contributed by atoms with E-state index in [0.29, 0.717) is 5.69 Å². The minimum Gasteiger partial charge on any atom is -0.397 e. The molecule has 0 aromatic heterocycles. The van der Waals surface area contributed by atoms with E-state index in [1.165, 1.54) is 12.1 Å². The largest absolute Gasteiger partial charge is 0.397 e. The van der Waals surface area contributed by atoms with Crippen molar-refractivity contribution in [2.24, 2.45) is 0 Å². The van der Waals surface area contributed by atoms with Crippen molar-refractivity contribution in [2.75, 3.05) is 24.2 Å². The molecule has 2 nitrogen and oxygen atoms in total. The van der Waals surface area contributed by atoms with Crippen LogP contribution in [0.2, 0.25) is 0 Å². The van der Waals surface area contributed by atoms with Gasteiger partial charge in [0, 0.05) is 13.6 Å². The molecule has 2 N–H and O–H groups in total. The van der Waals surface area contributed by atoms with Crippen LogP contribution in [0.15, 0.2) is 18.2 Å². The van der Waals surface area contributed by atoms with Gasteiger partial charge in [0.15, 0.2) is 0 Å². The van der Waals surface area contributed by atoms with E-state index in [0.717, 1.165) is 25.1 Å². The average molecular weight is 196 g/mol. The van der Waals surface area contributed by atoms with Gasteiger partial charge in [-0.1, -0.05) is 13.3 Å². The van der Waals surface area contributed by atoms with Crippen LogP contribution in [0.4, 0.5) is 15.8 Å². The van der Waals surface area contributed by atoms with E-state index in [4.69, 9.17) is 5.73 Å². The summed E-state index contributed by atoms with van der Waals surface area (Å²) in [5.74, 6) is -0.282. The molecule has 0 amide bonds. The minimum absolute atomic E-state index is 0.282. The fraction of sp³-hybridized carbons (Fsp3) is 0.455. The van der Waals surface area contributed by atoms with Crippen molar-refractivity contribution in [2.45, 2.75) is 19.8 Å². The van der Waals surface area contributed by atoms with Crippen LogP contribution in [0.5, 0.6) is 0 Å². The van der Waals surface area contributed by atoms with Crippen molar-refractivity contribution < 1.29 is 4.39 Å². The first-order valence-electron chi connectivity index (χ1n) is 4.91. The van der Waals surface area contributed by atoms with E-state index in [9.17, 15) is 4.39 Å².